The topological polar surface area (TPSA) is 72.1 Å². The fourth-order valence-corrected chi connectivity index (χ4v) is 3.46. The minimum Gasteiger partial charge on any atom is -0.468 e. The molecule has 2 aromatic carbocycles. The third-order valence-corrected chi connectivity index (χ3v) is 4.70. The standard InChI is InChI=1S/C20H15ClN2O3/c21-14-9-7-13(8-10-14)20-19(15-4-1-2-5-17(15)22-20)16(12-23(24)25)18-6-3-11-26-18/h1-11,16,22H,12H2/t16-/m1/s1. The highest BCUT2D eigenvalue weighted by molar-refractivity contribution is 6.30. The van der Waals surface area contributed by atoms with Gasteiger partial charge >= 0.3 is 0 Å². The number of H-pyrrole nitrogens is 1. The van der Waals surface area contributed by atoms with E-state index < -0.39 is 5.92 Å². The number of fused-ring (bicyclic) bond motifs is 1. The van der Waals surface area contributed by atoms with E-state index in [-0.39, 0.29) is 11.5 Å². The van der Waals surface area contributed by atoms with Crippen LogP contribution in [0.5, 0.6) is 0 Å². The molecule has 0 spiro atoms. The molecule has 0 aliphatic carbocycles. The summed E-state index contributed by atoms with van der Waals surface area (Å²) in [5.41, 5.74) is 3.54. The van der Waals surface area contributed by atoms with Gasteiger partial charge in [0.2, 0.25) is 6.54 Å². The van der Waals surface area contributed by atoms with Crippen LogP contribution in [-0.2, 0) is 0 Å². The number of furan rings is 1. The Morgan fingerprint density at radius 2 is 1.85 bits per heavy atom. The second-order valence-corrected chi connectivity index (χ2v) is 6.49. The normalized spacial score (nSPS) is 12.3. The Kier molecular flexibility index (Phi) is 4.22. The van der Waals surface area contributed by atoms with E-state index in [1.54, 1.807) is 18.4 Å². The number of para-hydroxylation sites is 1. The maximum absolute atomic E-state index is 11.4. The first-order valence-electron chi connectivity index (χ1n) is 8.15. The van der Waals surface area contributed by atoms with Crippen LogP contribution in [0.15, 0.2) is 71.3 Å². The van der Waals surface area contributed by atoms with Gasteiger partial charge in [0.1, 0.15) is 11.7 Å². The highest BCUT2D eigenvalue weighted by Gasteiger charge is 2.29. The van der Waals surface area contributed by atoms with E-state index in [1.807, 2.05) is 48.5 Å². The zero-order chi connectivity index (χ0) is 18.1. The van der Waals surface area contributed by atoms with E-state index >= 15 is 0 Å². The summed E-state index contributed by atoms with van der Waals surface area (Å²) in [6, 6.07) is 18.7. The van der Waals surface area contributed by atoms with Gasteiger partial charge in [0.15, 0.2) is 0 Å². The Labute approximate surface area is 154 Å². The van der Waals surface area contributed by atoms with Crippen LogP contribution < -0.4 is 0 Å². The first kappa shape index (κ1) is 16.4. The molecule has 5 nitrogen and oxygen atoms in total. The summed E-state index contributed by atoms with van der Waals surface area (Å²) in [5, 5.41) is 12.9. The number of rotatable bonds is 5. The van der Waals surface area contributed by atoms with Crippen molar-refractivity contribution < 1.29 is 9.34 Å². The summed E-state index contributed by atoms with van der Waals surface area (Å²) in [6.45, 7) is -0.254. The predicted octanol–water partition coefficient (Wildman–Crippen LogP) is 5.49. The van der Waals surface area contributed by atoms with E-state index in [0.717, 1.165) is 27.7 Å². The SMILES string of the molecule is O=[N+]([O-])C[C@H](c1ccco1)c1c(-c2ccc(Cl)cc2)[nH]c2ccccc12. The van der Waals surface area contributed by atoms with E-state index in [0.29, 0.717) is 10.8 Å². The Balaban J connectivity index is 1.98. The van der Waals surface area contributed by atoms with Crippen molar-refractivity contribution in [1.29, 1.82) is 0 Å². The Bertz CT molecular complexity index is 1050. The lowest BCUT2D eigenvalue weighted by Crippen LogP contribution is -2.14. The molecule has 6 heteroatoms. The van der Waals surface area contributed by atoms with Crippen LogP contribution in [-0.4, -0.2) is 16.5 Å². The van der Waals surface area contributed by atoms with Crippen molar-refractivity contribution >= 4 is 22.5 Å². The first-order chi connectivity index (χ1) is 12.6. The van der Waals surface area contributed by atoms with Gasteiger partial charge in [0.25, 0.3) is 0 Å². The molecule has 0 aliphatic heterocycles. The molecule has 0 unspecified atom stereocenters. The van der Waals surface area contributed by atoms with Gasteiger partial charge < -0.3 is 9.40 Å². The maximum atomic E-state index is 11.4. The van der Waals surface area contributed by atoms with Gasteiger partial charge in [-0.2, -0.15) is 0 Å². The van der Waals surface area contributed by atoms with Gasteiger partial charge in [0, 0.05) is 26.4 Å². The number of benzene rings is 2. The van der Waals surface area contributed by atoms with E-state index in [2.05, 4.69) is 4.98 Å². The molecular weight excluding hydrogens is 352 g/mol. The van der Waals surface area contributed by atoms with E-state index in [4.69, 9.17) is 16.0 Å². The highest BCUT2D eigenvalue weighted by atomic mass is 35.5. The molecule has 4 rings (SSSR count). The van der Waals surface area contributed by atoms with Crippen molar-refractivity contribution in [3.63, 3.8) is 0 Å². The fraction of sp³-hybridized carbons (Fsp3) is 0.100. The third-order valence-electron chi connectivity index (χ3n) is 4.45. The summed E-state index contributed by atoms with van der Waals surface area (Å²) < 4.78 is 5.54. The van der Waals surface area contributed by atoms with Crippen LogP contribution in [0.4, 0.5) is 0 Å². The molecule has 0 radical (unpaired) electrons. The summed E-state index contributed by atoms with van der Waals surface area (Å²) in [5.74, 6) is 0.0727. The lowest BCUT2D eigenvalue weighted by Gasteiger charge is -2.13. The molecule has 2 heterocycles. The van der Waals surface area contributed by atoms with E-state index in [1.165, 1.54) is 0 Å². The fourth-order valence-electron chi connectivity index (χ4n) is 3.33. The molecular formula is C20H15ClN2O3. The number of nitrogens with one attached hydrogen (secondary N) is 1. The largest absolute Gasteiger partial charge is 0.468 e. The molecule has 0 amide bonds. The zero-order valence-corrected chi connectivity index (χ0v) is 14.4. The lowest BCUT2D eigenvalue weighted by atomic mass is 9.91. The van der Waals surface area contributed by atoms with Crippen LogP contribution in [0, 0.1) is 10.1 Å². The van der Waals surface area contributed by atoms with Gasteiger partial charge in [-0.3, -0.25) is 10.1 Å². The average molecular weight is 367 g/mol. The van der Waals surface area contributed by atoms with Crippen LogP contribution >= 0.6 is 11.6 Å². The number of nitro groups is 1. The number of aromatic nitrogens is 1. The molecule has 1 atom stereocenters. The number of aromatic amines is 1. The Hall–Kier alpha value is -3.05. The molecule has 0 fully saturated rings. The van der Waals surface area contributed by atoms with Crippen molar-refractivity contribution in [2.45, 2.75) is 5.92 Å². The molecule has 0 saturated carbocycles. The molecule has 26 heavy (non-hydrogen) atoms. The second-order valence-electron chi connectivity index (χ2n) is 6.05. The minimum absolute atomic E-state index is 0.254. The minimum atomic E-state index is -0.498. The molecule has 0 saturated heterocycles. The molecule has 0 bridgehead atoms. The summed E-state index contributed by atoms with van der Waals surface area (Å²) in [7, 11) is 0. The van der Waals surface area contributed by atoms with E-state index in [9.17, 15) is 10.1 Å². The number of nitrogens with zero attached hydrogens (tertiary/aromatic N) is 1. The average Bonchev–Trinajstić information content (AvgIpc) is 3.28. The van der Waals surface area contributed by atoms with Crippen LogP contribution in [0.3, 0.4) is 0 Å². The number of hydrogen-bond donors (Lipinski definition) is 1. The van der Waals surface area contributed by atoms with Gasteiger partial charge in [-0.25, -0.2) is 0 Å². The van der Waals surface area contributed by atoms with Crippen molar-refractivity contribution in [2.24, 2.45) is 0 Å². The first-order valence-corrected chi connectivity index (χ1v) is 8.53. The van der Waals surface area contributed by atoms with Crippen LogP contribution in [0.2, 0.25) is 5.02 Å². The monoisotopic (exact) mass is 366 g/mol. The summed E-state index contributed by atoms with van der Waals surface area (Å²) in [4.78, 5) is 14.5. The zero-order valence-electron chi connectivity index (χ0n) is 13.7. The lowest BCUT2D eigenvalue weighted by molar-refractivity contribution is -0.482. The quantitative estimate of drug-likeness (QED) is 0.375. The molecule has 130 valence electrons. The molecule has 1 N–H and O–H groups in total. The van der Waals surface area contributed by atoms with Gasteiger partial charge in [-0.15, -0.1) is 0 Å². The highest BCUT2D eigenvalue weighted by Crippen LogP contribution is 2.39. The number of hydrogen-bond acceptors (Lipinski definition) is 3. The summed E-state index contributed by atoms with van der Waals surface area (Å²) >= 11 is 6.02. The Morgan fingerprint density at radius 3 is 2.54 bits per heavy atom. The van der Waals surface area contributed by atoms with Crippen LogP contribution in [0.1, 0.15) is 17.2 Å². The van der Waals surface area contributed by atoms with Gasteiger partial charge in [0.05, 0.1) is 12.0 Å². The Morgan fingerprint density at radius 1 is 1.08 bits per heavy atom. The maximum Gasteiger partial charge on any atom is 0.217 e. The molecule has 2 aromatic heterocycles. The summed E-state index contributed by atoms with van der Waals surface area (Å²) in [6.07, 6.45) is 1.54. The van der Waals surface area contributed by atoms with Gasteiger partial charge in [-0.05, 0) is 35.9 Å². The smallest absolute Gasteiger partial charge is 0.217 e. The molecule has 4 aromatic rings. The number of halogens is 1. The van der Waals surface area contributed by atoms with Crippen molar-refractivity contribution in [2.75, 3.05) is 6.54 Å². The van der Waals surface area contributed by atoms with Crippen molar-refractivity contribution in [1.82, 2.24) is 4.98 Å². The third kappa shape index (κ3) is 2.97. The predicted molar refractivity (Wildman–Crippen MR) is 101 cm³/mol. The second kappa shape index (κ2) is 6.69. The van der Waals surface area contributed by atoms with Gasteiger partial charge in [-0.1, -0.05) is 41.9 Å². The van der Waals surface area contributed by atoms with Crippen molar-refractivity contribution in [3.8, 4) is 11.3 Å². The van der Waals surface area contributed by atoms with Crippen LogP contribution in [0.25, 0.3) is 22.2 Å². The molecule has 0 aliphatic rings. The van der Waals surface area contributed by atoms with Crippen molar-refractivity contribution in [3.05, 3.63) is 93.4 Å².